The van der Waals surface area contributed by atoms with Gasteiger partial charge in [-0.3, -0.25) is 0 Å². The second-order valence-electron chi connectivity index (χ2n) is 2.54. The minimum atomic E-state index is 0.836. The van der Waals surface area contributed by atoms with E-state index < -0.39 is 0 Å². The lowest BCUT2D eigenvalue weighted by atomic mass is 10.1. The van der Waals surface area contributed by atoms with E-state index >= 15 is 0 Å². The van der Waals surface area contributed by atoms with Crippen LogP contribution >= 0.6 is 0 Å². The Labute approximate surface area is 52.6 Å². The largest absolute Gasteiger partial charge is 0.0956 e. The minimum Gasteiger partial charge on any atom is -0.0956 e. The van der Waals surface area contributed by atoms with Crippen molar-refractivity contribution in [1.29, 1.82) is 0 Å². The van der Waals surface area contributed by atoms with Crippen molar-refractivity contribution in [2.75, 3.05) is 0 Å². The van der Waals surface area contributed by atoms with E-state index in [-0.39, 0.29) is 0 Å². The Morgan fingerprint density at radius 2 is 2.12 bits per heavy atom. The van der Waals surface area contributed by atoms with E-state index in [1.54, 1.807) is 0 Å². The second kappa shape index (κ2) is 4.89. The molecule has 47 valence electrons. The summed E-state index contributed by atoms with van der Waals surface area (Å²) in [7, 11) is 0. The number of hydrogen-bond acceptors (Lipinski definition) is 0. The standard InChI is InChI=1S/C8H15/c1-4-5-6-7-8(2)3/h8H,1,5-7H2,2-3H3. The highest BCUT2D eigenvalue weighted by molar-refractivity contribution is 4.55. The fourth-order valence-corrected chi connectivity index (χ4v) is 0.635. The quantitative estimate of drug-likeness (QED) is 0.489. The van der Waals surface area contributed by atoms with E-state index in [9.17, 15) is 0 Å². The van der Waals surface area contributed by atoms with Crippen molar-refractivity contribution in [3.05, 3.63) is 12.7 Å². The first-order chi connectivity index (χ1) is 3.77. The van der Waals surface area contributed by atoms with Gasteiger partial charge < -0.3 is 0 Å². The molecule has 0 rings (SSSR count). The van der Waals surface area contributed by atoms with Gasteiger partial charge in [0.05, 0.1) is 0 Å². The van der Waals surface area contributed by atoms with Crippen LogP contribution in [0.5, 0.6) is 0 Å². The summed E-state index contributed by atoms with van der Waals surface area (Å²) in [5.74, 6) is 0.836. The van der Waals surface area contributed by atoms with Crippen LogP contribution in [0, 0.1) is 12.0 Å². The summed E-state index contributed by atoms with van der Waals surface area (Å²) >= 11 is 0. The van der Waals surface area contributed by atoms with Crippen LogP contribution in [0.2, 0.25) is 0 Å². The Balaban J connectivity index is 2.81. The van der Waals surface area contributed by atoms with Crippen LogP contribution in [-0.4, -0.2) is 0 Å². The fraction of sp³-hybridized carbons (Fsp3) is 0.750. The van der Waals surface area contributed by atoms with Gasteiger partial charge >= 0.3 is 0 Å². The molecule has 0 nitrogen and oxygen atoms in total. The van der Waals surface area contributed by atoms with Gasteiger partial charge in [-0.2, -0.15) is 0 Å². The summed E-state index contributed by atoms with van der Waals surface area (Å²) in [6.07, 6.45) is 6.49. The number of unbranched alkanes of at least 4 members (excludes halogenated alkanes) is 1. The summed E-state index contributed by atoms with van der Waals surface area (Å²) in [6.45, 7) is 8.01. The summed E-state index contributed by atoms with van der Waals surface area (Å²) in [5, 5.41) is 0. The maximum atomic E-state index is 3.53. The molecule has 0 spiro atoms. The van der Waals surface area contributed by atoms with Gasteiger partial charge in [-0.05, 0) is 18.8 Å². The van der Waals surface area contributed by atoms with Crippen molar-refractivity contribution in [2.24, 2.45) is 5.92 Å². The SMILES string of the molecule is C=[C]CCCC(C)C. The van der Waals surface area contributed by atoms with Crippen molar-refractivity contribution < 1.29 is 0 Å². The predicted octanol–water partition coefficient (Wildman–Crippen LogP) is 2.80. The minimum absolute atomic E-state index is 0.836. The van der Waals surface area contributed by atoms with Gasteiger partial charge in [-0.25, -0.2) is 0 Å². The van der Waals surface area contributed by atoms with Crippen LogP contribution in [0.25, 0.3) is 0 Å². The Hall–Kier alpha value is -0.260. The molecule has 0 amide bonds. The Bertz CT molecular complexity index is 53.1. The summed E-state index contributed by atoms with van der Waals surface area (Å²) in [5.41, 5.74) is 0. The van der Waals surface area contributed by atoms with Crippen molar-refractivity contribution in [1.82, 2.24) is 0 Å². The van der Waals surface area contributed by atoms with E-state index in [2.05, 4.69) is 26.5 Å². The summed E-state index contributed by atoms with van der Waals surface area (Å²) < 4.78 is 0. The van der Waals surface area contributed by atoms with Gasteiger partial charge in [0.25, 0.3) is 0 Å². The fourth-order valence-electron chi connectivity index (χ4n) is 0.635. The predicted molar refractivity (Wildman–Crippen MR) is 37.6 cm³/mol. The highest BCUT2D eigenvalue weighted by Crippen LogP contribution is 2.04. The van der Waals surface area contributed by atoms with Crippen LogP contribution in [0.3, 0.4) is 0 Å². The topological polar surface area (TPSA) is 0 Å². The monoisotopic (exact) mass is 111 g/mol. The maximum absolute atomic E-state index is 3.53. The Kier molecular flexibility index (Phi) is 4.73. The third kappa shape index (κ3) is 5.74. The van der Waals surface area contributed by atoms with Gasteiger partial charge in [0.15, 0.2) is 0 Å². The molecule has 8 heavy (non-hydrogen) atoms. The van der Waals surface area contributed by atoms with Crippen molar-refractivity contribution in [3.63, 3.8) is 0 Å². The third-order valence-electron chi connectivity index (χ3n) is 1.14. The van der Waals surface area contributed by atoms with E-state index in [1.807, 2.05) is 0 Å². The Morgan fingerprint density at radius 3 is 2.50 bits per heavy atom. The molecule has 0 N–H and O–H groups in total. The van der Waals surface area contributed by atoms with Gasteiger partial charge in [-0.15, -0.1) is 0 Å². The summed E-state index contributed by atoms with van der Waals surface area (Å²) in [4.78, 5) is 0. The zero-order valence-corrected chi connectivity index (χ0v) is 5.91. The van der Waals surface area contributed by atoms with Crippen molar-refractivity contribution >= 4 is 0 Å². The van der Waals surface area contributed by atoms with E-state index in [0.29, 0.717) is 0 Å². The molecule has 0 unspecified atom stereocenters. The average Bonchev–Trinajstić information content (AvgIpc) is 1.66. The van der Waals surface area contributed by atoms with E-state index in [1.165, 1.54) is 12.8 Å². The molecule has 1 radical (unpaired) electrons. The molecule has 0 heteroatoms. The number of rotatable bonds is 4. The van der Waals surface area contributed by atoms with Gasteiger partial charge in [-0.1, -0.05) is 32.9 Å². The zero-order chi connectivity index (χ0) is 6.41. The molecule has 0 bridgehead atoms. The highest BCUT2D eigenvalue weighted by atomic mass is 14.0. The first kappa shape index (κ1) is 7.74. The normalized spacial score (nSPS) is 9.88. The maximum Gasteiger partial charge on any atom is -0.0282 e. The molecule has 0 heterocycles. The van der Waals surface area contributed by atoms with Crippen LogP contribution in [0.1, 0.15) is 33.1 Å². The molecule has 0 aliphatic carbocycles. The zero-order valence-electron chi connectivity index (χ0n) is 5.91. The molecule has 0 aromatic heterocycles. The molecule has 0 saturated carbocycles. The number of allylic oxidation sites excluding steroid dienone is 1. The molecule has 0 aromatic rings. The first-order valence-corrected chi connectivity index (χ1v) is 3.27. The highest BCUT2D eigenvalue weighted by Gasteiger charge is 1.89. The van der Waals surface area contributed by atoms with Gasteiger partial charge in [0.2, 0.25) is 0 Å². The van der Waals surface area contributed by atoms with E-state index in [4.69, 9.17) is 0 Å². The Morgan fingerprint density at radius 1 is 1.50 bits per heavy atom. The molecule has 0 fully saturated rings. The molecule has 0 atom stereocenters. The lowest BCUT2D eigenvalue weighted by molar-refractivity contribution is 0.558. The lowest BCUT2D eigenvalue weighted by Gasteiger charge is -1.99. The molecular weight excluding hydrogens is 96.1 g/mol. The molecule has 0 aliphatic heterocycles. The lowest BCUT2D eigenvalue weighted by Crippen LogP contribution is -1.84. The van der Waals surface area contributed by atoms with Crippen LogP contribution in [0.4, 0.5) is 0 Å². The first-order valence-electron chi connectivity index (χ1n) is 3.27. The van der Waals surface area contributed by atoms with E-state index in [0.717, 1.165) is 12.3 Å². The van der Waals surface area contributed by atoms with Crippen molar-refractivity contribution in [3.8, 4) is 0 Å². The van der Waals surface area contributed by atoms with Crippen LogP contribution in [0.15, 0.2) is 6.58 Å². The number of hydrogen-bond donors (Lipinski definition) is 0. The third-order valence-corrected chi connectivity index (χ3v) is 1.14. The molecule has 0 saturated heterocycles. The van der Waals surface area contributed by atoms with Crippen LogP contribution in [-0.2, 0) is 0 Å². The molecule has 0 aromatic carbocycles. The summed E-state index contributed by atoms with van der Waals surface area (Å²) in [6, 6.07) is 0. The van der Waals surface area contributed by atoms with Crippen molar-refractivity contribution in [2.45, 2.75) is 33.1 Å². The average molecular weight is 111 g/mol. The molecule has 0 aliphatic rings. The second-order valence-corrected chi connectivity index (χ2v) is 2.54. The van der Waals surface area contributed by atoms with Gasteiger partial charge in [0.1, 0.15) is 0 Å². The molecular formula is C8H15. The van der Waals surface area contributed by atoms with Gasteiger partial charge in [0, 0.05) is 0 Å². The van der Waals surface area contributed by atoms with Crippen LogP contribution < -0.4 is 0 Å². The smallest absolute Gasteiger partial charge is 0.0282 e.